The van der Waals surface area contributed by atoms with Crippen molar-refractivity contribution in [3.05, 3.63) is 48.5 Å². The molecule has 1 aliphatic heterocycles. The zero-order valence-electron chi connectivity index (χ0n) is 16.9. The molecule has 1 aliphatic rings. The van der Waals surface area contributed by atoms with E-state index in [9.17, 15) is 9.18 Å². The summed E-state index contributed by atoms with van der Waals surface area (Å²) >= 11 is 1.39. The number of fused-ring (bicyclic) bond motifs is 1. The lowest BCUT2D eigenvalue weighted by Crippen LogP contribution is -2.50. The number of nitrogen functional groups attached to an aromatic ring is 1. The molecule has 0 aliphatic carbocycles. The number of halogens is 1. The topological polar surface area (TPSA) is 111 Å². The Kier molecular flexibility index (Phi) is 5.31. The SMILES string of the molecule is Nc1nc(N2CCN(C(=O)COc3ccc(F)cc3)CC2)c2nc(-c3ccco3)sc2n1. The molecule has 0 bridgehead atoms. The van der Waals surface area contributed by atoms with Crippen molar-refractivity contribution in [2.45, 2.75) is 0 Å². The number of aromatic nitrogens is 3. The summed E-state index contributed by atoms with van der Waals surface area (Å²) in [6, 6.07) is 9.22. The lowest BCUT2D eigenvalue weighted by atomic mass is 10.3. The van der Waals surface area contributed by atoms with Gasteiger partial charge in [0.25, 0.3) is 5.91 Å². The van der Waals surface area contributed by atoms with E-state index in [1.807, 2.05) is 6.07 Å². The van der Waals surface area contributed by atoms with Gasteiger partial charge in [0.2, 0.25) is 5.95 Å². The monoisotopic (exact) mass is 454 g/mol. The van der Waals surface area contributed by atoms with Gasteiger partial charge in [-0.2, -0.15) is 4.98 Å². The van der Waals surface area contributed by atoms with E-state index in [-0.39, 0.29) is 24.3 Å². The van der Waals surface area contributed by atoms with Crippen LogP contribution in [-0.2, 0) is 4.79 Å². The Bertz CT molecular complexity index is 1240. The number of carbonyl (C=O) groups excluding carboxylic acids is 1. The van der Waals surface area contributed by atoms with Gasteiger partial charge in [0, 0.05) is 26.2 Å². The number of hydrogen-bond acceptors (Lipinski definition) is 9. The van der Waals surface area contributed by atoms with E-state index in [1.54, 1.807) is 17.2 Å². The molecule has 9 nitrogen and oxygen atoms in total. The number of hydrogen-bond donors (Lipinski definition) is 1. The molecular formula is C21H19FN6O3S. The van der Waals surface area contributed by atoms with Crippen LogP contribution in [0.3, 0.4) is 0 Å². The highest BCUT2D eigenvalue weighted by Gasteiger charge is 2.25. The Morgan fingerprint density at radius 1 is 1.12 bits per heavy atom. The molecule has 4 aromatic rings. The summed E-state index contributed by atoms with van der Waals surface area (Å²) in [6.45, 7) is 2.05. The fourth-order valence-electron chi connectivity index (χ4n) is 3.48. The van der Waals surface area contributed by atoms with Gasteiger partial charge in [0.15, 0.2) is 28.0 Å². The second-order valence-electron chi connectivity index (χ2n) is 7.17. The molecule has 1 aromatic carbocycles. The number of nitrogens with two attached hydrogens (primary N) is 1. The van der Waals surface area contributed by atoms with Gasteiger partial charge in [-0.1, -0.05) is 11.3 Å². The van der Waals surface area contributed by atoms with E-state index in [2.05, 4.69) is 19.9 Å². The number of rotatable bonds is 5. The van der Waals surface area contributed by atoms with Gasteiger partial charge in [-0.3, -0.25) is 4.79 Å². The summed E-state index contributed by atoms with van der Waals surface area (Å²) in [7, 11) is 0. The number of piperazine rings is 1. The first-order valence-electron chi connectivity index (χ1n) is 9.96. The molecule has 0 atom stereocenters. The Morgan fingerprint density at radius 2 is 1.91 bits per heavy atom. The summed E-state index contributed by atoms with van der Waals surface area (Å²) < 4.78 is 23.9. The molecule has 2 N–H and O–H groups in total. The molecule has 32 heavy (non-hydrogen) atoms. The predicted molar refractivity (Wildman–Crippen MR) is 118 cm³/mol. The molecule has 1 saturated heterocycles. The third-order valence-corrected chi connectivity index (χ3v) is 6.06. The highest BCUT2D eigenvalue weighted by Crippen LogP contribution is 2.34. The number of carbonyl (C=O) groups is 1. The smallest absolute Gasteiger partial charge is 0.260 e. The molecular weight excluding hydrogens is 435 g/mol. The number of benzene rings is 1. The van der Waals surface area contributed by atoms with Crippen LogP contribution >= 0.6 is 11.3 Å². The van der Waals surface area contributed by atoms with E-state index in [0.29, 0.717) is 58.9 Å². The van der Waals surface area contributed by atoms with Crippen LogP contribution in [0.1, 0.15) is 0 Å². The lowest BCUT2D eigenvalue weighted by Gasteiger charge is -2.35. The minimum atomic E-state index is -0.351. The van der Waals surface area contributed by atoms with Gasteiger partial charge >= 0.3 is 0 Å². The maximum absolute atomic E-state index is 13.0. The van der Waals surface area contributed by atoms with E-state index in [4.69, 9.17) is 14.9 Å². The molecule has 1 amide bonds. The zero-order chi connectivity index (χ0) is 22.1. The van der Waals surface area contributed by atoms with Crippen molar-refractivity contribution in [1.82, 2.24) is 19.9 Å². The summed E-state index contributed by atoms with van der Waals surface area (Å²) in [5.41, 5.74) is 6.60. The highest BCUT2D eigenvalue weighted by atomic mass is 32.1. The van der Waals surface area contributed by atoms with Gasteiger partial charge in [-0.25, -0.2) is 14.4 Å². The van der Waals surface area contributed by atoms with Crippen LogP contribution in [0.4, 0.5) is 16.2 Å². The number of nitrogens with zero attached hydrogens (tertiary/aromatic N) is 5. The lowest BCUT2D eigenvalue weighted by molar-refractivity contribution is -0.133. The summed E-state index contributed by atoms with van der Waals surface area (Å²) in [4.78, 5) is 30.4. The van der Waals surface area contributed by atoms with E-state index >= 15 is 0 Å². The molecule has 164 valence electrons. The zero-order valence-corrected chi connectivity index (χ0v) is 17.7. The van der Waals surface area contributed by atoms with E-state index < -0.39 is 0 Å². The van der Waals surface area contributed by atoms with Crippen LogP contribution in [-0.4, -0.2) is 58.5 Å². The first kappa shape index (κ1) is 20.2. The average molecular weight is 454 g/mol. The number of furan rings is 1. The Labute approximate surface area is 186 Å². The van der Waals surface area contributed by atoms with Gasteiger partial charge in [0.05, 0.1) is 6.26 Å². The van der Waals surface area contributed by atoms with Crippen LogP contribution < -0.4 is 15.4 Å². The summed E-state index contributed by atoms with van der Waals surface area (Å²) in [5, 5.41) is 0.706. The molecule has 0 spiro atoms. The van der Waals surface area contributed by atoms with Gasteiger partial charge in [0.1, 0.15) is 17.1 Å². The van der Waals surface area contributed by atoms with Crippen LogP contribution in [0.15, 0.2) is 47.1 Å². The molecule has 1 fully saturated rings. The largest absolute Gasteiger partial charge is 0.484 e. The van der Waals surface area contributed by atoms with Crippen molar-refractivity contribution in [3.8, 4) is 16.5 Å². The minimum absolute atomic E-state index is 0.102. The first-order chi connectivity index (χ1) is 15.6. The number of amides is 1. The normalized spacial score (nSPS) is 14.2. The maximum atomic E-state index is 13.0. The van der Waals surface area contributed by atoms with Crippen LogP contribution in [0, 0.1) is 5.82 Å². The second kappa shape index (κ2) is 8.42. The summed E-state index contributed by atoms with van der Waals surface area (Å²) in [5.74, 6) is 1.46. The fraction of sp³-hybridized carbons (Fsp3) is 0.238. The minimum Gasteiger partial charge on any atom is -0.484 e. The molecule has 0 unspecified atom stereocenters. The summed E-state index contributed by atoms with van der Waals surface area (Å²) in [6.07, 6.45) is 1.60. The Balaban J connectivity index is 1.26. The van der Waals surface area contributed by atoms with Gasteiger partial charge < -0.3 is 24.7 Å². The molecule has 11 heteroatoms. The van der Waals surface area contributed by atoms with Crippen LogP contribution in [0.25, 0.3) is 21.1 Å². The third kappa shape index (κ3) is 4.06. The number of thiazole rings is 1. The number of anilines is 2. The molecule has 0 radical (unpaired) electrons. The van der Waals surface area contributed by atoms with Crippen molar-refractivity contribution < 1.29 is 18.3 Å². The van der Waals surface area contributed by atoms with Crippen molar-refractivity contribution >= 4 is 39.4 Å². The van der Waals surface area contributed by atoms with Gasteiger partial charge in [-0.05, 0) is 36.4 Å². The molecule has 0 saturated carbocycles. The molecule has 4 heterocycles. The second-order valence-corrected chi connectivity index (χ2v) is 8.14. The molecule has 5 rings (SSSR count). The van der Waals surface area contributed by atoms with Crippen molar-refractivity contribution in [2.24, 2.45) is 0 Å². The van der Waals surface area contributed by atoms with Crippen molar-refractivity contribution in [1.29, 1.82) is 0 Å². The van der Waals surface area contributed by atoms with Gasteiger partial charge in [-0.15, -0.1) is 0 Å². The quantitative estimate of drug-likeness (QED) is 0.490. The Morgan fingerprint density at radius 3 is 2.62 bits per heavy atom. The molecule has 3 aromatic heterocycles. The predicted octanol–water partition coefficient (Wildman–Crippen LogP) is 2.80. The number of ether oxygens (including phenoxy) is 1. The third-order valence-electron chi connectivity index (χ3n) is 5.10. The standard InChI is InChI=1S/C21H19FN6O3S/c22-13-3-5-14(6-4-13)31-12-16(29)27-7-9-28(10-8-27)18-17-20(26-21(23)25-18)32-19(24-17)15-2-1-11-30-15/h1-6,11H,7-10,12H2,(H2,23,25,26). The van der Waals surface area contributed by atoms with E-state index in [1.165, 1.54) is 35.6 Å². The highest BCUT2D eigenvalue weighted by molar-refractivity contribution is 7.21. The van der Waals surface area contributed by atoms with Crippen LogP contribution in [0.5, 0.6) is 5.75 Å². The maximum Gasteiger partial charge on any atom is 0.260 e. The first-order valence-corrected chi connectivity index (χ1v) is 10.8. The van der Waals surface area contributed by atoms with Crippen LogP contribution in [0.2, 0.25) is 0 Å². The Hall–Kier alpha value is -3.73. The van der Waals surface area contributed by atoms with E-state index in [0.717, 1.165) is 0 Å². The average Bonchev–Trinajstić information content (AvgIpc) is 3.48. The fourth-order valence-corrected chi connectivity index (χ4v) is 4.39. The van der Waals surface area contributed by atoms with Crippen molar-refractivity contribution in [2.75, 3.05) is 43.4 Å². The van der Waals surface area contributed by atoms with Crippen molar-refractivity contribution in [3.63, 3.8) is 0 Å².